The number of nitrogens with zero attached hydrogens (tertiary/aromatic N) is 2. The van der Waals surface area contributed by atoms with Gasteiger partial charge in [0.1, 0.15) is 0 Å². The highest BCUT2D eigenvalue weighted by molar-refractivity contribution is 5.80. The molecule has 0 aliphatic carbocycles. The zero-order chi connectivity index (χ0) is 17.3. The van der Waals surface area contributed by atoms with Crippen LogP contribution >= 0.6 is 0 Å². The van der Waals surface area contributed by atoms with E-state index >= 15 is 0 Å². The highest BCUT2D eigenvalue weighted by Crippen LogP contribution is 2.14. The third-order valence-corrected chi connectivity index (χ3v) is 4.83. The maximum absolute atomic E-state index is 5.98. The molecule has 2 saturated heterocycles. The average molecular weight is 345 g/mol. The van der Waals surface area contributed by atoms with E-state index in [1.807, 2.05) is 0 Å². The molecule has 0 amide bonds. The van der Waals surface area contributed by atoms with Gasteiger partial charge in [-0.05, 0) is 43.7 Å². The molecule has 1 aromatic carbocycles. The molecule has 0 spiro atoms. The lowest BCUT2D eigenvalue weighted by atomic mass is 10.1. The van der Waals surface area contributed by atoms with Gasteiger partial charge in [-0.2, -0.15) is 0 Å². The molecule has 0 saturated carbocycles. The predicted molar refractivity (Wildman–Crippen MR) is 101 cm³/mol. The van der Waals surface area contributed by atoms with Crippen LogP contribution in [0.25, 0.3) is 0 Å². The first-order valence-corrected chi connectivity index (χ1v) is 9.65. The Balaban J connectivity index is 1.49. The number of hydrogen-bond donors (Lipinski definition) is 1. The van der Waals surface area contributed by atoms with E-state index in [4.69, 9.17) is 14.5 Å². The van der Waals surface area contributed by atoms with Gasteiger partial charge in [-0.1, -0.05) is 24.3 Å². The lowest BCUT2D eigenvalue weighted by Gasteiger charge is -2.22. The molecule has 25 heavy (non-hydrogen) atoms. The Morgan fingerprint density at radius 2 is 1.84 bits per heavy atom. The summed E-state index contributed by atoms with van der Waals surface area (Å²) in [7, 11) is 0. The molecule has 3 rings (SSSR count). The molecule has 0 aromatic heterocycles. The first kappa shape index (κ1) is 18.2. The molecule has 5 nitrogen and oxygen atoms in total. The van der Waals surface area contributed by atoms with Crippen LogP contribution in [0.5, 0.6) is 0 Å². The molecule has 2 aliphatic rings. The van der Waals surface area contributed by atoms with Gasteiger partial charge < -0.3 is 19.7 Å². The molecule has 1 N–H and O–H groups in total. The summed E-state index contributed by atoms with van der Waals surface area (Å²) in [5.74, 6) is 1.05. The lowest BCUT2D eigenvalue weighted by molar-refractivity contribution is -0.0390. The maximum atomic E-state index is 5.98. The highest BCUT2D eigenvalue weighted by Gasteiger charge is 2.15. The smallest absolute Gasteiger partial charge is 0.194 e. The zero-order valence-electron chi connectivity index (χ0n) is 15.4. The van der Waals surface area contributed by atoms with Gasteiger partial charge in [-0.25, -0.2) is 4.99 Å². The van der Waals surface area contributed by atoms with E-state index in [2.05, 4.69) is 41.4 Å². The summed E-state index contributed by atoms with van der Waals surface area (Å²) in [4.78, 5) is 7.16. The summed E-state index contributed by atoms with van der Waals surface area (Å²) in [6.45, 7) is 8.34. The van der Waals surface area contributed by atoms with E-state index in [9.17, 15) is 0 Å². The molecule has 0 atom stereocenters. The van der Waals surface area contributed by atoms with Gasteiger partial charge in [0, 0.05) is 32.8 Å². The first-order chi connectivity index (χ1) is 12.3. The Bertz CT molecular complexity index is 532. The molecule has 0 radical (unpaired) electrons. The van der Waals surface area contributed by atoms with Gasteiger partial charge in [0.2, 0.25) is 0 Å². The number of rotatable bonds is 6. The van der Waals surface area contributed by atoms with E-state index < -0.39 is 0 Å². The van der Waals surface area contributed by atoms with Gasteiger partial charge in [0.25, 0.3) is 0 Å². The highest BCUT2D eigenvalue weighted by atomic mass is 16.5. The summed E-state index contributed by atoms with van der Waals surface area (Å²) in [6, 6.07) is 8.65. The standard InChI is InChI=1S/C20H31N3O2/c1-2-21-20(23-11-3-4-12-23)22-15-17-5-7-18(8-6-17)16-25-19-9-13-24-14-10-19/h5-8,19H,2-4,9-16H2,1H3,(H,21,22). The van der Waals surface area contributed by atoms with E-state index in [1.165, 1.54) is 24.0 Å². The molecule has 2 aliphatic heterocycles. The van der Waals surface area contributed by atoms with Gasteiger partial charge in [0.05, 0.1) is 19.3 Å². The van der Waals surface area contributed by atoms with E-state index in [1.54, 1.807) is 0 Å². The van der Waals surface area contributed by atoms with Crippen LogP contribution in [0.2, 0.25) is 0 Å². The Kier molecular flexibility index (Phi) is 7.12. The second-order valence-corrected chi connectivity index (χ2v) is 6.80. The number of ether oxygens (including phenoxy) is 2. The molecule has 5 heteroatoms. The largest absolute Gasteiger partial charge is 0.381 e. The van der Waals surface area contributed by atoms with Gasteiger partial charge >= 0.3 is 0 Å². The van der Waals surface area contributed by atoms with Gasteiger partial charge in [-0.15, -0.1) is 0 Å². The summed E-state index contributed by atoms with van der Waals surface area (Å²) in [5.41, 5.74) is 2.47. The third-order valence-electron chi connectivity index (χ3n) is 4.83. The molecular formula is C20H31N3O2. The molecule has 138 valence electrons. The summed E-state index contributed by atoms with van der Waals surface area (Å²) < 4.78 is 11.3. The maximum Gasteiger partial charge on any atom is 0.194 e. The summed E-state index contributed by atoms with van der Waals surface area (Å²) in [6.07, 6.45) is 4.91. The van der Waals surface area contributed by atoms with Crippen molar-refractivity contribution in [1.82, 2.24) is 10.2 Å². The third kappa shape index (κ3) is 5.72. The Hall–Kier alpha value is -1.59. The number of hydrogen-bond acceptors (Lipinski definition) is 3. The minimum absolute atomic E-state index is 0.348. The lowest BCUT2D eigenvalue weighted by Crippen LogP contribution is -2.39. The van der Waals surface area contributed by atoms with E-state index in [0.29, 0.717) is 12.7 Å². The second kappa shape index (κ2) is 9.78. The summed E-state index contributed by atoms with van der Waals surface area (Å²) >= 11 is 0. The van der Waals surface area contributed by atoms with E-state index in [-0.39, 0.29) is 0 Å². The van der Waals surface area contributed by atoms with Crippen molar-refractivity contribution in [1.29, 1.82) is 0 Å². The SMILES string of the molecule is CCNC(=NCc1ccc(COC2CCOCC2)cc1)N1CCCC1. The number of nitrogens with one attached hydrogen (secondary N) is 1. The molecule has 0 unspecified atom stereocenters. The zero-order valence-corrected chi connectivity index (χ0v) is 15.4. The fraction of sp³-hybridized carbons (Fsp3) is 0.650. The van der Waals surface area contributed by atoms with Crippen molar-refractivity contribution in [2.24, 2.45) is 4.99 Å². The van der Waals surface area contributed by atoms with Crippen LogP contribution in [0.4, 0.5) is 0 Å². The van der Waals surface area contributed by atoms with Crippen LogP contribution in [-0.4, -0.2) is 49.8 Å². The van der Waals surface area contributed by atoms with Crippen molar-refractivity contribution in [2.75, 3.05) is 32.8 Å². The number of aliphatic imine (C=N–C) groups is 1. The number of guanidine groups is 1. The van der Waals surface area contributed by atoms with Crippen LogP contribution in [-0.2, 0) is 22.6 Å². The Morgan fingerprint density at radius 1 is 1.16 bits per heavy atom. The van der Waals surface area contributed by atoms with Crippen molar-refractivity contribution >= 4 is 5.96 Å². The minimum Gasteiger partial charge on any atom is -0.381 e. The van der Waals surface area contributed by atoms with Crippen molar-refractivity contribution in [3.8, 4) is 0 Å². The van der Waals surface area contributed by atoms with Gasteiger partial charge in [-0.3, -0.25) is 0 Å². The van der Waals surface area contributed by atoms with E-state index in [0.717, 1.165) is 58.2 Å². The quantitative estimate of drug-likeness (QED) is 0.636. The van der Waals surface area contributed by atoms with Crippen molar-refractivity contribution in [3.63, 3.8) is 0 Å². The molecule has 2 fully saturated rings. The van der Waals surface area contributed by atoms with Crippen molar-refractivity contribution in [3.05, 3.63) is 35.4 Å². The van der Waals surface area contributed by atoms with Crippen LogP contribution < -0.4 is 5.32 Å². The van der Waals surface area contributed by atoms with Crippen LogP contribution in [0.15, 0.2) is 29.3 Å². The fourth-order valence-corrected chi connectivity index (χ4v) is 3.32. The first-order valence-electron chi connectivity index (χ1n) is 9.65. The van der Waals surface area contributed by atoms with Crippen LogP contribution in [0, 0.1) is 0 Å². The van der Waals surface area contributed by atoms with Gasteiger partial charge in [0.15, 0.2) is 5.96 Å². The monoisotopic (exact) mass is 345 g/mol. The number of benzene rings is 1. The Morgan fingerprint density at radius 3 is 2.52 bits per heavy atom. The molecule has 1 aromatic rings. The van der Waals surface area contributed by atoms with Crippen LogP contribution in [0.3, 0.4) is 0 Å². The molecule has 2 heterocycles. The predicted octanol–water partition coefficient (Wildman–Crippen LogP) is 2.94. The molecular weight excluding hydrogens is 314 g/mol. The van der Waals surface area contributed by atoms with Crippen molar-refractivity contribution in [2.45, 2.75) is 51.9 Å². The average Bonchev–Trinajstić information content (AvgIpc) is 3.20. The van der Waals surface area contributed by atoms with Crippen molar-refractivity contribution < 1.29 is 9.47 Å². The fourth-order valence-electron chi connectivity index (χ4n) is 3.32. The summed E-state index contributed by atoms with van der Waals surface area (Å²) in [5, 5.41) is 3.41. The minimum atomic E-state index is 0.348. The molecule has 0 bridgehead atoms. The topological polar surface area (TPSA) is 46.1 Å². The Labute approximate surface area is 151 Å². The second-order valence-electron chi connectivity index (χ2n) is 6.80. The van der Waals surface area contributed by atoms with Crippen LogP contribution in [0.1, 0.15) is 43.7 Å². The normalized spacial score (nSPS) is 19.4. The number of likely N-dealkylation sites (tertiary alicyclic amines) is 1.